The summed E-state index contributed by atoms with van der Waals surface area (Å²) >= 11 is 0. The summed E-state index contributed by atoms with van der Waals surface area (Å²) in [6.07, 6.45) is -2.41. The SMILES string of the molecule is O=C(c1coc(COc2ccc(C(F)(F)F)nc2)n1)N1CCC(O)C1. The third-order valence-electron chi connectivity index (χ3n) is 3.61. The van der Waals surface area contributed by atoms with E-state index in [4.69, 9.17) is 9.15 Å². The topological polar surface area (TPSA) is 88.7 Å². The minimum absolute atomic E-state index is 0.0817. The number of aliphatic hydroxyl groups is 1. The molecule has 3 rings (SSSR count). The van der Waals surface area contributed by atoms with Gasteiger partial charge in [0.2, 0.25) is 5.89 Å². The molecule has 0 saturated carbocycles. The number of likely N-dealkylation sites (tertiary alicyclic amines) is 1. The van der Waals surface area contributed by atoms with Crippen molar-refractivity contribution < 1.29 is 32.2 Å². The maximum atomic E-state index is 12.4. The Morgan fingerprint density at radius 1 is 1.44 bits per heavy atom. The van der Waals surface area contributed by atoms with E-state index in [0.29, 0.717) is 13.0 Å². The highest BCUT2D eigenvalue weighted by Gasteiger charge is 2.32. The first-order valence-corrected chi connectivity index (χ1v) is 7.41. The van der Waals surface area contributed by atoms with Gasteiger partial charge in [-0.05, 0) is 18.6 Å². The van der Waals surface area contributed by atoms with Crippen LogP contribution >= 0.6 is 0 Å². The Kier molecular flexibility index (Phi) is 4.62. The molecule has 10 heteroatoms. The van der Waals surface area contributed by atoms with Gasteiger partial charge in [-0.15, -0.1) is 0 Å². The summed E-state index contributed by atoms with van der Waals surface area (Å²) in [7, 11) is 0. The number of pyridine rings is 1. The Morgan fingerprint density at radius 2 is 2.24 bits per heavy atom. The summed E-state index contributed by atoms with van der Waals surface area (Å²) in [5.74, 6) is -0.146. The zero-order valence-electron chi connectivity index (χ0n) is 12.9. The molecule has 1 N–H and O–H groups in total. The zero-order chi connectivity index (χ0) is 18.0. The van der Waals surface area contributed by atoms with Gasteiger partial charge in [0, 0.05) is 13.1 Å². The summed E-state index contributed by atoms with van der Waals surface area (Å²) in [6, 6.07) is 1.94. The van der Waals surface area contributed by atoms with E-state index >= 15 is 0 Å². The fourth-order valence-electron chi connectivity index (χ4n) is 2.34. The smallest absolute Gasteiger partial charge is 0.433 e. The lowest BCUT2D eigenvalue weighted by atomic mass is 10.3. The normalized spacial score (nSPS) is 17.8. The molecule has 25 heavy (non-hydrogen) atoms. The Morgan fingerprint density at radius 3 is 2.84 bits per heavy atom. The number of alkyl halides is 3. The lowest BCUT2D eigenvalue weighted by Gasteiger charge is -2.12. The second kappa shape index (κ2) is 6.71. The fraction of sp³-hybridized carbons (Fsp3) is 0.400. The van der Waals surface area contributed by atoms with Crippen molar-refractivity contribution in [2.24, 2.45) is 0 Å². The average molecular weight is 357 g/mol. The molecule has 1 amide bonds. The molecule has 1 aliphatic heterocycles. The summed E-state index contributed by atoms with van der Waals surface area (Å²) in [5.41, 5.74) is -0.935. The molecule has 1 saturated heterocycles. The number of amides is 1. The molecule has 1 aliphatic rings. The number of rotatable bonds is 4. The van der Waals surface area contributed by atoms with Gasteiger partial charge in [-0.3, -0.25) is 4.79 Å². The van der Waals surface area contributed by atoms with E-state index in [-0.39, 0.29) is 36.4 Å². The lowest BCUT2D eigenvalue weighted by Crippen LogP contribution is -2.29. The predicted molar refractivity (Wildman–Crippen MR) is 76.6 cm³/mol. The quantitative estimate of drug-likeness (QED) is 0.899. The van der Waals surface area contributed by atoms with Crippen molar-refractivity contribution in [3.63, 3.8) is 0 Å². The van der Waals surface area contributed by atoms with Crippen LogP contribution in [0.25, 0.3) is 0 Å². The summed E-state index contributed by atoms with van der Waals surface area (Å²) in [5, 5.41) is 9.45. The zero-order valence-corrected chi connectivity index (χ0v) is 12.9. The van der Waals surface area contributed by atoms with Gasteiger partial charge in [0.15, 0.2) is 12.3 Å². The number of ether oxygens (including phenoxy) is 1. The van der Waals surface area contributed by atoms with Gasteiger partial charge in [-0.2, -0.15) is 13.2 Å². The molecule has 0 bridgehead atoms. The van der Waals surface area contributed by atoms with Crippen molar-refractivity contribution >= 4 is 5.91 Å². The van der Waals surface area contributed by atoms with E-state index in [1.165, 1.54) is 11.2 Å². The van der Waals surface area contributed by atoms with Crippen LogP contribution in [0.15, 0.2) is 29.0 Å². The number of aromatic nitrogens is 2. The minimum atomic E-state index is -4.51. The molecule has 0 spiro atoms. The van der Waals surface area contributed by atoms with E-state index in [9.17, 15) is 23.1 Å². The monoisotopic (exact) mass is 357 g/mol. The third-order valence-corrected chi connectivity index (χ3v) is 3.61. The Hall–Kier alpha value is -2.62. The molecule has 3 heterocycles. The van der Waals surface area contributed by atoms with Crippen LogP contribution in [-0.2, 0) is 12.8 Å². The van der Waals surface area contributed by atoms with E-state index in [2.05, 4.69) is 9.97 Å². The molecule has 2 aromatic heterocycles. The van der Waals surface area contributed by atoms with Crippen molar-refractivity contribution in [2.45, 2.75) is 25.3 Å². The molecule has 1 atom stereocenters. The van der Waals surface area contributed by atoms with Crippen LogP contribution in [0.5, 0.6) is 5.75 Å². The second-order valence-corrected chi connectivity index (χ2v) is 5.49. The van der Waals surface area contributed by atoms with Crippen LogP contribution < -0.4 is 4.74 Å². The van der Waals surface area contributed by atoms with Crippen LogP contribution in [0.2, 0.25) is 0 Å². The molecule has 1 unspecified atom stereocenters. The predicted octanol–water partition coefficient (Wildman–Crippen LogP) is 1.87. The second-order valence-electron chi connectivity index (χ2n) is 5.49. The number of hydrogen-bond donors (Lipinski definition) is 1. The first kappa shape index (κ1) is 17.2. The molecule has 0 aliphatic carbocycles. The van der Waals surface area contributed by atoms with Gasteiger partial charge in [-0.25, -0.2) is 9.97 Å². The van der Waals surface area contributed by atoms with Gasteiger partial charge < -0.3 is 19.2 Å². The Balaban J connectivity index is 1.57. The first-order valence-electron chi connectivity index (χ1n) is 7.41. The van der Waals surface area contributed by atoms with Gasteiger partial charge in [0.25, 0.3) is 5.91 Å². The number of carbonyl (C=O) groups is 1. The molecular formula is C15H14F3N3O4. The van der Waals surface area contributed by atoms with E-state index in [1.54, 1.807) is 0 Å². The van der Waals surface area contributed by atoms with Crippen LogP contribution in [0.3, 0.4) is 0 Å². The Labute approximate surface area is 140 Å². The summed E-state index contributed by atoms with van der Waals surface area (Å²) < 4.78 is 47.6. The molecule has 0 radical (unpaired) electrons. The molecule has 7 nitrogen and oxygen atoms in total. The van der Waals surface area contributed by atoms with Gasteiger partial charge in [-0.1, -0.05) is 0 Å². The maximum absolute atomic E-state index is 12.4. The van der Waals surface area contributed by atoms with Crippen molar-refractivity contribution in [1.82, 2.24) is 14.9 Å². The van der Waals surface area contributed by atoms with Crippen LogP contribution in [0.1, 0.15) is 28.5 Å². The summed E-state index contributed by atoms with van der Waals surface area (Å²) in [4.78, 5) is 20.9. The highest BCUT2D eigenvalue weighted by molar-refractivity contribution is 5.92. The maximum Gasteiger partial charge on any atom is 0.433 e. The number of β-amino-alcohol motifs (C(OH)–C–C–N with tert-alkyl or cyclic N) is 1. The molecule has 0 aromatic carbocycles. The minimum Gasteiger partial charge on any atom is -0.482 e. The van der Waals surface area contributed by atoms with Crippen LogP contribution in [0.4, 0.5) is 13.2 Å². The molecule has 2 aromatic rings. The van der Waals surface area contributed by atoms with Crippen LogP contribution in [-0.4, -0.2) is 45.1 Å². The molecule has 1 fully saturated rings. The number of hydrogen-bond acceptors (Lipinski definition) is 6. The number of nitrogens with zero attached hydrogens (tertiary/aromatic N) is 3. The highest BCUT2D eigenvalue weighted by atomic mass is 19.4. The number of carbonyl (C=O) groups excluding carboxylic acids is 1. The standard InChI is InChI=1S/C15H14F3N3O4/c16-15(17,18)12-2-1-10(5-19-12)24-8-13-20-11(7-25-13)14(23)21-4-3-9(22)6-21/h1-2,5,7,9,22H,3-4,6,8H2. The molecular weight excluding hydrogens is 343 g/mol. The lowest BCUT2D eigenvalue weighted by molar-refractivity contribution is -0.141. The van der Waals surface area contributed by atoms with Crippen molar-refractivity contribution in [2.75, 3.05) is 13.1 Å². The van der Waals surface area contributed by atoms with Gasteiger partial charge >= 0.3 is 6.18 Å². The fourth-order valence-corrected chi connectivity index (χ4v) is 2.34. The average Bonchev–Trinajstić information content (AvgIpc) is 3.21. The summed E-state index contributed by atoms with van der Waals surface area (Å²) in [6.45, 7) is 0.521. The van der Waals surface area contributed by atoms with E-state index in [0.717, 1.165) is 18.3 Å². The number of aliphatic hydroxyl groups excluding tert-OH is 1. The highest BCUT2D eigenvalue weighted by Crippen LogP contribution is 2.28. The van der Waals surface area contributed by atoms with Crippen molar-refractivity contribution in [3.8, 4) is 5.75 Å². The van der Waals surface area contributed by atoms with Crippen molar-refractivity contribution in [3.05, 3.63) is 41.9 Å². The Bertz CT molecular complexity index is 745. The third kappa shape index (κ3) is 4.08. The van der Waals surface area contributed by atoms with E-state index < -0.39 is 18.0 Å². The number of halogens is 3. The largest absolute Gasteiger partial charge is 0.482 e. The number of oxazole rings is 1. The van der Waals surface area contributed by atoms with Gasteiger partial charge in [0.1, 0.15) is 17.7 Å². The molecule has 134 valence electrons. The van der Waals surface area contributed by atoms with Crippen molar-refractivity contribution in [1.29, 1.82) is 0 Å². The van der Waals surface area contributed by atoms with E-state index in [1.807, 2.05) is 0 Å². The van der Waals surface area contributed by atoms with Gasteiger partial charge in [0.05, 0.1) is 12.3 Å². The first-order chi connectivity index (χ1) is 11.8. The van der Waals surface area contributed by atoms with Crippen LogP contribution in [0, 0.1) is 0 Å².